The molecule has 0 aromatic heterocycles. The van der Waals surface area contributed by atoms with Gasteiger partial charge in [-0.1, -0.05) is 5.73 Å². The number of fused-ring (bicyclic) bond motifs is 1. The van der Waals surface area contributed by atoms with Crippen molar-refractivity contribution in [2.45, 2.75) is 18.7 Å². The fourth-order valence-electron chi connectivity index (χ4n) is 2.48. The highest BCUT2D eigenvalue weighted by molar-refractivity contribution is 6.17. The van der Waals surface area contributed by atoms with Crippen molar-refractivity contribution in [3.8, 4) is 17.6 Å². The average Bonchev–Trinajstić information content (AvgIpc) is 2.58. The monoisotopic (exact) mass is 403 g/mol. The Kier molecular flexibility index (Phi) is 4.34. The van der Waals surface area contributed by atoms with Gasteiger partial charge >= 0.3 is 18.7 Å². The minimum absolute atomic E-state index is 0.294. The summed E-state index contributed by atoms with van der Waals surface area (Å²) in [6, 6.07) is 4.08. The highest BCUT2D eigenvalue weighted by Gasteiger charge is 2.62. The van der Waals surface area contributed by atoms with Crippen molar-refractivity contribution < 1.29 is 45.0 Å². The molecule has 0 N–H and O–H groups in total. The molecule has 0 amide bonds. The molecule has 28 heavy (non-hydrogen) atoms. The summed E-state index contributed by atoms with van der Waals surface area (Å²) in [7, 11) is 0. The number of Topliss-reactive ketones (excluding diaryl/α,β-unsaturated/α-hetero) is 1. The molecule has 0 bridgehead atoms. The summed E-state index contributed by atoms with van der Waals surface area (Å²) in [4.78, 5) is 11.4. The van der Waals surface area contributed by atoms with E-state index in [1.54, 1.807) is 17.5 Å². The Bertz CT molecular complexity index is 1060. The number of carbonyl (C=O) groups excluding carboxylic acids is 1. The number of nitriles is 1. The number of alkyl halides is 7. The molecule has 2 aliphatic carbocycles. The fraction of sp³-hybridized carbons (Fsp3) is 0.176. The van der Waals surface area contributed by atoms with Gasteiger partial charge < -0.3 is 9.47 Å². The van der Waals surface area contributed by atoms with Gasteiger partial charge in [0.15, 0.2) is 5.76 Å². The van der Waals surface area contributed by atoms with Gasteiger partial charge in [-0.25, -0.2) is 0 Å². The van der Waals surface area contributed by atoms with Crippen LogP contribution in [0.15, 0.2) is 52.1 Å². The van der Waals surface area contributed by atoms with Crippen LogP contribution in [0.2, 0.25) is 0 Å². The van der Waals surface area contributed by atoms with E-state index < -0.39 is 58.5 Å². The molecule has 0 radical (unpaired) electrons. The van der Waals surface area contributed by atoms with Crippen LogP contribution in [0.5, 0.6) is 11.5 Å². The van der Waals surface area contributed by atoms with Gasteiger partial charge in [0.1, 0.15) is 17.1 Å². The van der Waals surface area contributed by atoms with Crippen LogP contribution >= 0.6 is 0 Å². The Labute approximate surface area is 151 Å². The average molecular weight is 403 g/mol. The summed E-state index contributed by atoms with van der Waals surface area (Å²) in [6.07, 6.45) is -5.27. The van der Waals surface area contributed by atoms with E-state index in [2.05, 4.69) is 4.74 Å². The van der Waals surface area contributed by atoms with Crippen molar-refractivity contribution >= 4 is 5.78 Å². The summed E-state index contributed by atoms with van der Waals surface area (Å²) in [5.74, 6) is -8.51. The second-order valence-electron chi connectivity index (χ2n) is 5.39. The zero-order chi connectivity index (χ0) is 20.9. The van der Waals surface area contributed by atoms with E-state index in [4.69, 9.17) is 10.00 Å². The van der Waals surface area contributed by atoms with Crippen LogP contribution in [0.4, 0.5) is 30.7 Å². The molecule has 1 aromatic rings. The number of ketones is 1. The van der Waals surface area contributed by atoms with Gasteiger partial charge in [-0.3, -0.25) is 4.79 Å². The van der Waals surface area contributed by atoms with Gasteiger partial charge in [0.2, 0.25) is 5.78 Å². The maximum absolute atomic E-state index is 13.4. The summed E-state index contributed by atoms with van der Waals surface area (Å²) < 4.78 is 101. The number of halogens is 7. The SMILES string of the molecule is N#Cc1cc(OC2=C=C=C3C(=C2C(F)(F)F)C(=O)C3(F)F)cc(OC(F)F)c1. The topological polar surface area (TPSA) is 59.3 Å². The van der Waals surface area contributed by atoms with Crippen LogP contribution in [0.1, 0.15) is 5.56 Å². The Balaban J connectivity index is 2.10. The van der Waals surface area contributed by atoms with Gasteiger partial charge in [0.05, 0.1) is 22.8 Å². The number of rotatable bonds is 4. The summed E-state index contributed by atoms with van der Waals surface area (Å²) in [5, 5.41) is 8.88. The zero-order valence-electron chi connectivity index (χ0n) is 13.1. The zero-order valence-corrected chi connectivity index (χ0v) is 13.1. The molecule has 0 atom stereocenters. The van der Waals surface area contributed by atoms with E-state index in [9.17, 15) is 35.5 Å². The van der Waals surface area contributed by atoms with E-state index in [1.807, 2.05) is 0 Å². The molecule has 0 heterocycles. The smallest absolute Gasteiger partial charge is 0.421 e. The predicted octanol–water partition coefficient (Wildman–Crippen LogP) is 4.19. The van der Waals surface area contributed by atoms with E-state index >= 15 is 0 Å². The molecule has 0 aliphatic heterocycles. The fourth-order valence-corrected chi connectivity index (χ4v) is 2.48. The van der Waals surface area contributed by atoms with Crippen molar-refractivity contribution in [1.29, 1.82) is 5.26 Å². The predicted molar refractivity (Wildman–Crippen MR) is 75.5 cm³/mol. The Morgan fingerprint density at radius 3 is 2.32 bits per heavy atom. The summed E-state index contributed by atoms with van der Waals surface area (Å²) >= 11 is 0. The standard InChI is InChI=1S/C17H4F7NO3/c18-15(19)28-9-4-7(6-25)3-8(5-9)27-11-2-1-10-12(13(11)17(22,23)24)14(26)16(10,20)21/h3-5,15H. The molecule has 0 saturated heterocycles. The molecule has 1 aromatic carbocycles. The minimum Gasteiger partial charge on any atom is -0.448 e. The largest absolute Gasteiger partial charge is 0.448 e. The molecule has 0 spiro atoms. The highest BCUT2D eigenvalue weighted by atomic mass is 19.4. The molecular formula is C17H4F7NO3. The van der Waals surface area contributed by atoms with Gasteiger partial charge in [-0.2, -0.15) is 36.0 Å². The molecule has 0 unspecified atom stereocenters. The normalized spacial score (nSPS) is 17.5. The molecule has 1 saturated carbocycles. The number of hydrogen-bond acceptors (Lipinski definition) is 4. The van der Waals surface area contributed by atoms with Gasteiger partial charge in [0.25, 0.3) is 0 Å². The quantitative estimate of drug-likeness (QED) is 0.559. The van der Waals surface area contributed by atoms with Crippen molar-refractivity contribution in [1.82, 2.24) is 0 Å². The molecule has 144 valence electrons. The number of nitrogens with zero attached hydrogens (tertiary/aromatic N) is 1. The van der Waals surface area contributed by atoms with Crippen LogP contribution in [-0.4, -0.2) is 24.5 Å². The van der Waals surface area contributed by atoms with Gasteiger partial charge in [-0.15, -0.1) is 0 Å². The molecule has 1 fully saturated rings. The molecule has 11 heteroatoms. The van der Waals surface area contributed by atoms with Crippen molar-refractivity contribution in [2.24, 2.45) is 0 Å². The van der Waals surface area contributed by atoms with Gasteiger partial charge in [0, 0.05) is 6.07 Å². The Morgan fingerprint density at radius 2 is 1.75 bits per heavy atom. The second-order valence-corrected chi connectivity index (χ2v) is 5.39. The lowest BCUT2D eigenvalue weighted by Crippen LogP contribution is -2.47. The first kappa shape index (κ1) is 19.3. The molecule has 3 rings (SSSR count). The summed E-state index contributed by atoms with van der Waals surface area (Å²) in [5.41, 5.74) is -1.19. The maximum Gasteiger partial charge on any atom is 0.421 e. The van der Waals surface area contributed by atoms with Crippen LogP contribution in [-0.2, 0) is 4.79 Å². The third-order valence-corrected chi connectivity index (χ3v) is 3.59. The lowest BCUT2D eigenvalue weighted by atomic mass is 9.75. The van der Waals surface area contributed by atoms with Crippen molar-refractivity contribution in [3.05, 3.63) is 57.7 Å². The van der Waals surface area contributed by atoms with E-state index in [1.165, 1.54) is 0 Å². The second kappa shape index (κ2) is 6.30. The Hall–Kier alpha value is -3.47. The van der Waals surface area contributed by atoms with Crippen LogP contribution in [0.25, 0.3) is 0 Å². The first-order valence-corrected chi connectivity index (χ1v) is 7.14. The lowest BCUT2D eigenvalue weighted by Gasteiger charge is -2.32. The van der Waals surface area contributed by atoms with Crippen molar-refractivity contribution in [2.75, 3.05) is 0 Å². The first-order chi connectivity index (χ1) is 12.9. The number of hydrogen-bond donors (Lipinski definition) is 0. The van der Waals surface area contributed by atoms with Crippen LogP contribution in [0, 0.1) is 11.3 Å². The third kappa shape index (κ3) is 3.16. The van der Waals surface area contributed by atoms with Gasteiger partial charge in [-0.05, 0) is 17.9 Å². The maximum atomic E-state index is 13.4. The van der Waals surface area contributed by atoms with E-state index in [0.29, 0.717) is 0 Å². The van der Waals surface area contributed by atoms with Crippen LogP contribution < -0.4 is 9.47 Å². The van der Waals surface area contributed by atoms with Crippen LogP contribution in [0.3, 0.4) is 0 Å². The highest BCUT2D eigenvalue weighted by Crippen LogP contribution is 2.50. The van der Waals surface area contributed by atoms with E-state index in [-0.39, 0.29) is 5.56 Å². The first-order valence-electron chi connectivity index (χ1n) is 7.14. The number of carbonyl (C=O) groups is 1. The Morgan fingerprint density at radius 1 is 1.11 bits per heavy atom. The summed E-state index contributed by atoms with van der Waals surface area (Å²) in [6.45, 7) is -3.29. The third-order valence-electron chi connectivity index (χ3n) is 3.59. The van der Waals surface area contributed by atoms with E-state index in [0.717, 1.165) is 18.2 Å². The molecule has 4 nitrogen and oxygen atoms in total. The van der Waals surface area contributed by atoms with Crippen molar-refractivity contribution in [3.63, 3.8) is 0 Å². The molecule has 2 aliphatic rings. The molecular weight excluding hydrogens is 399 g/mol. The number of allylic oxidation sites excluding steroid dienone is 3. The number of benzene rings is 1. The number of ether oxygens (including phenoxy) is 2. The minimum atomic E-state index is -5.27. The lowest BCUT2D eigenvalue weighted by molar-refractivity contribution is -0.141.